The minimum absolute atomic E-state index is 0.0113. The number of aliphatic imine (C=N–C) groups is 1. The molecule has 1 aliphatic heterocycles. The fourth-order valence-corrected chi connectivity index (χ4v) is 6.00. The number of hydrogen-bond donors (Lipinski definition) is 1. The third kappa shape index (κ3) is 3.34. The zero-order valence-corrected chi connectivity index (χ0v) is 15.9. The molecule has 1 atom stereocenters. The highest BCUT2D eigenvalue weighted by Crippen LogP contribution is 2.49. The van der Waals surface area contributed by atoms with Crippen molar-refractivity contribution in [1.82, 2.24) is 0 Å². The molecule has 0 bridgehead atoms. The van der Waals surface area contributed by atoms with Gasteiger partial charge in [0.05, 0.1) is 22.7 Å². The first-order valence-corrected chi connectivity index (χ1v) is 10.3. The number of nitrogens with zero attached hydrogens (tertiary/aromatic N) is 2. The van der Waals surface area contributed by atoms with E-state index < -0.39 is 11.7 Å². The molecule has 2 N–H and O–H groups in total. The largest absolute Gasteiger partial charge is 0.416 e. The summed E-state index contributed by atoms with van der Waals surface area (Å²) in [7, 11) is 0. The second-order valence-electron chi connectivity index (χ2n) is 6.79. The highest BCUT2D eigenvalue weighted by Gasteiger charge is 2.40. The van der Waals surface area contributed by atoms with Gasteiger partial charge in [-0.3, -0.25) is 4.99 Å². The van der Waals surface area contributed by atoms with Crippen LogP contribution in [0.1, 0.15) is 40.8 Å². The van der Waals surface area contributed by atoms with Crippen LogP contribution in [0.4, 0.5) is 13.2 Å². The summed E-state index contributed by atoms with van der Waals surface area (Å²) in [5.74, 6) is 0.891. The summed E-state index contributed by atoms with van der Waals surface area (Å²) >= 11 is 3.05. The zero-order valence-electron chi connectivity index (χ0n) is 14.3. The number of thiophene rings is 1. The Morgan fingerprint density at radius 1 is 1.19 bits per heavy atom. The van der Waals surface area contributed by atoms with E-state index in [9.17, 15) is 13.2 Å². The molecule has 1 aliphatic carbocycles. The molecule has 27 heavy (non-hydrogen) atoms. The number of fused-ring (bicyclic) bond motifs is 2. The number of amidine groups is 1. The van der Waals surface area contributed by atoms with E-state index in [1.165, 1.54) is 17.4 Å². The first kappa shape index (κ1) is 18.4. The van der Waals surface area contributed by atoms with E-state index in [0.29, 0.717) is 10.7 Å². The van der Waals surface area contributed by atoms with E-state index in [2.05, 4.69) is 0 Å². The number of hydrogen-bond acceptors (Lipinski definition) is 5. The van der Waals surface area contributed by atoms with Gasteiger partial charge in [0.15, 0.2) is 5.17 Å². The molecule has 0 fully saturated rings. The molecule has 0 radical (unpaired) electrons. The number of benzene rings is 1. The lowest BCUT2D eigenvalue weighted by molar-refractivity contribution is -0.137. The van der Waals surface area contributed by atoms with Gasteiger partial charge >= 0.3 is 6.18 Å². The topological polar surface area (TPSA) is 62.2 Å². The van der Waals surface area contributed by atoms with Crippen LogP contribution in [-0.2, 0) is 18.1 Å². The van der Waals surface area contributed by atoms with Crippen LogP contribution in [0.25, 0.3) is 10.4 Å². The molecule has 4 rings (SSSR count). The van der Waals surface area contributed by atoms with Crippen LogP contribution >= 0.6 is 23.1 Å². The average molecular weight is 407 g/mol. The predicted octanol–water partition coefficient (Wildman–Crippen LogP) is 5.29. The summed E-state index contributed by atoms with van der Waals surface area (Å²) in [6.45, 7) is 0. The summed E-state index contributed by atoms with van der Waals surface area (Å²) in [6.07, 6.45) is -0.815. The standard InChI is InChI=1S/C19H16F3N3S2/c20-19(21,22)13-7-11(10-23)6-12(8-13)16-9-14-15(27-16)2-1-3-18(14)4-5-26-17(24)25-18/h6-9H,1-5H2,(H2,24,25). The maximum absolute atomic E-state index is 13.2. The van der Waals surface area contributed by atoms with E-state index in [4.69, 9.17) is 16.0 Å². The van der Waals surface area contributed by atoms with Gasteiger partial charge in [-0.2, -0.15) is 18.4 Å². The Bertz CT molecular complexity index is 972. The Hall–Kier alpha value is -1.98. The van der Waals surface area contributed by atoms with E-state index >= 15 is 0 Å². The number of nitriles is 1. The Kier molecular flexibility index (Phi) is 4.47. The SMILES string of the molecule is N#Cc1cc(-c2cc3c(s2)CCCC32CCSC(N)=N2)cc(C(F)(F)F)c1. The highest BCUT2D eigenvalue weighted by molar-refractivity contribution is 8.13. The normalized spacial score (nSPS) is 22.2. The lowest BCUT2D eigenvalue weighted by Crippen LogP contribution is -2.34. The second-order valence-corrected chi connectivity index (χ2v) is 9.04. The third-order valence-electron chi connectivity index (χ3n) is 5.07. The van der Waals surface area contributed by atoms with Crippen molar-refractivity contribution in [3.63, 3.8) is 0 Å². The van der Waals surface area contributed by atoms with E-state index in [-0.39, 0.29) is 11.1 Å². The zero-order chi connectivity index (χ0) is 19.2. The van der Waals surface area contributed by atoms with Crippen LogP contribution in [0, 0.1) is 11.3 Å². The van der Waals surface area contributed by atoms with E-state index in [1.54, 1.807) is 11.8 Å². The van der Waals surface area contributed by atoms with Gasteiger partial charge in [0.2, 0.25) is 0 Å². The first-order valence-electron chi connectivity index (χ1n) is 8.55. The van der Waals surface area contributed by atoms with Crippen molar-refractivity contribution in [3.05, 3.63) is 45.8 Å². The number of thioether (sulfide) groups is 1. The van der Waals surface area contributed by atoms with Gasteiger partial charge in [-0.05, 0) is 61.1 Å². The lowest BCUT2D eigenvalue weighted by atomic mass is 9.78. The molecule has 1 aromatic carbocycles. The fraction of sp³-hybridized carbons (Fsp3) is 0.368. The molecule has 3 nitrogen and oxygen atoms in total. The van der Waals surface area contributed by atoms with Gasteiger partial charge in [-0.25, -0.2) is 0 Å². The maximum atomic E-state index is 13.2. The predicted molar refractivity (Wildman–Crippen MR) is 103 cm³/mol. The average Bonchev–Trinajstić information content (AvgIpc) is 3.07. The minimum atomic E-state index is -4.49. The summed E-state index contributed by atoms with van der Waals surface area (Å²) in [6, 6.07) is 7.33. The van der Waals surface area contributed by atoms with Gasteiger partial charge in [-0.1, -0.05) is 11.8 Å². The number of nitrogens with two attached hydrogens (primary N) is 1. The van der Waals surface area contributed by atoms with Gasteiger partial charge < -0.3 is 5.73 Å². The molecule has 0 amide bonds. The minimum Gasteiger partial charge on any atom is -0.379 e. The third-order valence-corrected chi connectivity index (χ3v) is 7.11. The summed E-state index contributed by atoms with van der Waals surface area (Å²) in [4.78, 5) is 6.65. The van der Waals surface area contributed by atoms with Crippen molar-refractivity contribution in [1.29, 1.82) is 5.26 Å². The fourth-order valence-electron chi connectivity index (χ4n) is 3.82. The molecule has 8 heteroatoms. The van der Waals surface area contributed by atoms with Crippen LogP contribution in [0.2, 0.25) is 0 Å². The number of alkyl halides is 3. The molecule has 2 aromatic rings. The summed E-state index contributed by atoms with van der Waals surface area (Å²) in [5, 5.41) is 9.72. The molecule has 140 valence electrons. The van der Waals surface area contributed by atoms with Crippen LogP contribution in [0.3, 0.4) is 0 Å². The molecule has 2 aliphatic rings. The van der Waals surface area contributed by atoms with Gasteiger partial charge in [0.25, 0.3) is 0 Å². The summed E-state index contributed by atoms with van der Waals surface area (Å²) in [5.41, 5.74) is 6.36. The molecule has 0 saturated carbocycles. The van der Waals surface area contributed by atoms with Crippen molar-refractivity contribution >= 4 is 28.3 Å². The monoisotopic (exact) mass is 407 g/mol. The van der Waals surface area contributed by atoms with Crippen LogP contribution in [0.5, 0.6) is 0 Å². The van der Waals surface area contributed by atoms with Gasteiger partial charge in [-0.15, -0.1) is 11.3 Å². The lowest BCUT2D eigenvalue weighted by Gasteiger charge is -2.36. The molecule has 1 unspecified atom stereocenters. The molecular formula is C19H16F3N3S2. The Balaban J connectivity index is 1.83. The van der Waals surface area contributed by atoms with Crippen LogP contribution < -0.4 is 5.73 Å². The van der Waals surface area contributed by atoms with Crippen molar-refractivity contribution in [3.8, 4) is 16.5 Å². The van der Waals surface area contributed by atoms with Gasteiger partial charge in [0.1, 0.15) is 0 Å². The van der Waals surface area contributed by atoms with E-state index in [0.717, 1.165) is 58.9 Å². The summed E-state index contributed by atoms with van der Waals surface area (Å²) < 4.78 is 39.6. The van der Waals surface area contributed by atoms with Crippen molar-refractivity contribution in [2.75, 3.05) is 5.75 Å². The van der Waals surface area contributed by atoms with Crippen molar-refractivity contribution < 1.29 is 13.2 Å². The molecule has 2 heterocycles. The first-order chi connectivity index (χ1) is 12.8. The van der Waals surface area contributed by atoms with Crippen molar-refractivity contribution in [2.24, 2.45) is 10.7 Å². The maximum Gasteiger partial charge on any atom is 0.416 e. The van der Waals surface area contributed by atoms with Gasteiger partial charge in [0, 0.05) is 15.5 Å². The number of aryl methyl sites for hydroxylation is 1. The molecular weight excluding hydrogens is 391 g/mol. The molecule has 1 aromatic heterocycles. The Labute approximate surface area is 163 Å². The molecule has 1 spiro atoms. The number of rotatable bonds is 1. The smallest absolute Gasteiger partial charge is 0.379 e. The Morgan fingerprint density at radius 3 is 2.70 bits per heavy atom. The van der Waals surface area contributed by atoms with Crippen LogP contribution in [0.15, 0.2) is 29.3 Å². The quantitative estimate of drug-likeness (QED) is 0.699. The number of halogens is 3. The van der Waals surface area contributed by atoms with Crippen molar-refractivity contribution in [2.45, 2.75) is 37.4 Å². The molecule has 0 saturated heterocycles. The Morgan fingerprint density at radius 2 is 2.00 bits per heavy atom. The van der Waals surface area contributed by atoms with Crippen LogP contribution in [-0.4, -0.2) is 10.9 Å². The van der Waals surface area contributed by atoms with E-state index in [1.807, 2.05) is 12.1 Å². The highest BCUT2D eigenvalue weighted by atomic mass is 32.2. The second kappa shape index (κ2) is 6.57.